The molecule has 0 heterocycles. The second-order valence-electron chi connectivity index (χ2n) is 5.73. The third-order valence-corrected chi connectivity index (χ3v) is 4.24. The highest BCUT2D eigenvalue weighted by Gasteiger charge is 2.32. The Hall–Kier alpha value is -0.640. The van der Waals surface area contributed by atoms with Crippen molar-refractivity contribution in [1.82, 2.24) is 5.32 Å². The van der Waals surface area contributed by atoms with Crippen molar-refractivity contribution in [2.45, 2.75) is 44.8 Å². The van der Waals surface area contributed by atoms with Gasteiger partial charge >= 0.3 is 0 Å². The molecule has 2 unspecified atom stereocenters. The van der Waals surface area contributed by atoms with Crippen molar-refractivity contribution < 1.29 is 9.50 Å². The zero-order valence-electron chi connectivity index (χ0n) is 11.3. The molecular weight excluding hydrogens is 265 g/mol. The molecule has 1 fully saturated rings. The minimum absolute atomic E-state index is 0.302. The van der Waals surface area contributed by atoms with Gasteiger partial charge in [0.15, 0.2) is 0 Å². The largest absolute Gasteiger partial charge is 0.389 e. The summed E-state index contributed by atoms with van der Waals surface area (Å²) in [6.07, 6.45) is 3.86. The van der Waals surface area contributed by atoms with Gasteiger partial charge in [-0.3, -0.25) is 0 Å². The van der Waals surface area contributed by atoms with Crippen LogP contribution in [0.4, 0.5) is 4.39 Å². The Labute approximate surface area is 119 Å². The van der Waals surface area contributed by atoms with E-state index in [-0.39, 0.29) is 5.82 Å². The fourth-order valence-electron chi connectivity index (χ4n) is 2.91. The number of aliphatic hydroxyl groups is 1. The molecular formula is C15H21ClFNO. The minimum atomic E-state index is -0.657. The van der Waals surface area contributed by atoms with Crippen LogP contribution in [0.5, 0.6) is 0 Å². The van der Waals surface area contributed by atoms with Gasteiger partial charge in [0.25, 0.3) is 0 Å². The fraction of sp³-hybridized carbons (Fsp3) is 0.600. The van der Waals surface area contributed by atoms with E-state index >= 15 is 0 Å². The summed E-state index contributed by atoms with van der Waals surface area (Å²) in [5, 5.41) is 14.0. The lowest BCUT2D eigenvalue weighted by Crippen LogP contribution is -2.43. The third kappa shape index (κ3) is 3.91. The van der Waals surface area contributed by atoms with E-state index < -0.39 is 5.60 Å². The number of hydrogen-bond donors (Lipinski definition) is 2. The van der Waals surface area contributed by atoms with Gasteiger partial charge in [-0.25, -0.2) is 4.39 Å². The highest BCUT2D eigenvalue weighted by molar-refractivity contribution is 6.31. The third-order valence-electron chi connectivity index (χ3n) is 3.89. The van der Waals surface area contributed by atoms with Crippen LogP contribution in [0.2, 0.25) is 5.02 Å². The molecule has 19 heavy (non-hydrogen) atoms. The average molecular weight is 286 g/mol. The Morgan fingerprint density at radius 2 is 2.32 bits per heavy atom. The first kappa shape index (κ1) is 14.8. The van der Waals surface area contributed by atoms with Crippen LogP contribution in [-0.4, -0.2) is 17.3 Å². The van der Waals surface area contributed by atoms with Gasteiger partial charge in [0, 0.05) is 23.7 Å². The fourth-order valence-corrected chi connectivity index (χ4v) is 3.14. The first-order valence-corrected chi connectivity index (χ1v) is 7.24. The molecule has 2 nitrogen and oxygen atoms in total. The number of hydrogen-bond acceptors (Lipinski definition) is 2. The normalized spacial score (nSPS) is 27.5. The van der Waals surface area contributed by atoms with Crippen LogP contribution in [0, 0.1) is 11.7 Å². The summed E-state index contributed by atoms with van der Waals surface area (Å²) < 4.78 is 13.6. The molecule has 4 heteroatoms. The molecule has 0 saturated heterocycles. The van der Waals surface area contributed by atoms with Crippen molar-refractivity contribution in [2.75, 3.05) is 6.54 Å². The van der Waals surface area contributed by atoms with Crippen LogP contribution in [0.25, 0.3) is 0 Å². The molecule has 0 radical (unpaired) electrons. The van der Waals surface area contributed by atoms with E-state index in [4.69, 9.17) is 11.6 Å². The summed E-state index contributed by atoms with van der Waals surface area (Å²) in [5.74, 6) is 0.251. The van der Waals surface area contributed by atoms with Crippen LogP contribution in [-0.2, 0) is 6.54 Å². The van der Waals surface area contributed by atoms with Crippen molar-refractivity contribution in [1.29, 1.82) is 0 Å². The zero-order chi connectivity index (χ0) is 13.9. The Morgan fingerprint density at radius 3 is 3.00 bits per heavy atom. The van der Waals surface area contributed by atoms with Crippen LogP contribution in [0.1, 0.15) is 38.2 Å². The van der Waals surface area contributed by atoms with Gasteiger partial charge in [-0.1, -0.05) is 37.4 Å². The summed E-state index contributed by atoms with van der Waals surface area (Å²) >= 11 is 5.97. The van der Waals surface area contributed by atoms with Crippen LogP contribution in [0.15, 0.2) is 18.2 Å². The van der Waals surface area contributed by atoms with Crippen LogP contribution in [0.3, 0.4) is 0 Å². The molecule has 1 aliphatic rings. The van der Waals surface area contributed by atoms with Gasteiger partial charge in [-0.2, -0.15) is 0 Å². The molecule has 106 valence electrons. The maximum Gasteiger partial charge on any atom is 0.129 e. The van der Waals surface area contributed by atoms with Gasteiger partial charge in [-0.05, 0) is 30.9 Å². The van der Waals surface area contributed by atoms with Crippen LogP contribution < -0.4 is 5.32 Å². The maximum absolute atomic E-state index is 13.6. The second kappa shape index (κ2) is 6.21. The monoisotopic (exact) mass is 285 g/mol. The molecule has 2 atom stereocenters. The van der Waals surface area contributed by atoms with Gasteiger partial charge in [0.05, 0.1) is 5.60 Å². The molecule has 2 N–H and O–H groups in total. The average Bonchev–Trinajstić information content (AvgIpc) is 2.32. The zero-order valence-corrected chi connectivity index (χ0v) is 12.0. The topological polar surface area (TPSA) is 32.3 Å². The van der Waals surface area contributed by atoms with Crippen LogP contribution >= 0.6 is 11.6 Å². The lowest BCUT2D eigenvalue weighted by Gasteiger charge is -2.35. The summed E-state index contributed by atoms with van der Waals surface area (Å²) in [6, 6.07) is 4.68. The van der Waals surface area contributed by atoms with E-state index in [0.717, 1.165) is 19.3 Å². The highest BCUT2D eigenvalue weighted by Crippen LogP contribution is 2.31. The number of benzene rings is 1. The molecule has 0 amide bonds. The van der Waals surface area contributed by atoms with E-state index in [1.165, 1.54) is 12.5 Å². The van der Waals surface area contributed by atoms with E-state index in [1.807, 2.05) is 0 Å². The predicted octanol–water partition coefficient (Wildman–Crippen LogP) is 3.51. The standard InChI is InChI=1S/C15H21ClFNO/c1-11-4-3-7-15(19,8-11)10-18-9-12-13(16)5-2-6-14(12)17/h2,5-6,11,18-19H,3-4,7-10H2,1H3. The quantitative estimate of drug-likeness (QED) is 0.887. The van der Waals surface area contributed by atoms with E-state index in [0.29, 0.717) is 29.6 Å². The van der Waals surface area contributed by atoms with Crippen molar-refractivity contribution in [3.05, 3.63) is 34.6 Å². The highest BCUT2D eigenvalue weighted by atomic mass is 35.5. The predicted molar refractivity (Wildman–Crippen MR) is 75.7 cm³/mol. The van der Waals surface area contributed by atoms with Crippen molar-refractivity contribution >= 4 is 11.6 Å². The summed E-state index contributed by atoms with van der Waals surface area (Å²) in [6.45, 7) is 3.00. The molecule has 0 spiro atoms. The first-order valence-electron chi connectivity index (χ1n) is 6.86. The summed E-state index contributed by atoms with van der Waals surface area (Å²) in [5.41, 5.74) is -0.188. The smallest absolute Gasteiger partial charge is 0.129 e. The van der Waals surface area contributed by atoms with E-state index in [2.05, 4.69) is 12.2 Å². The molecule has 0 aromatic heterocycles. The lowest BCUT2D eigenvalue weighted by atomic mass is 9.79. The Balaban J connectivity index is 1.89. The molecule has 0 aliphatic heterocycles. The van der Waals surface area contributed by atoms with Crippen molar-refractivity contribution in [3.63, 3.8) is 0 Å². The van der Waals surface area contributed by atoms with Crippen molar-refractivity contribution in [3.8, 4) is 0 Å². The molecule has 2 rings (SSSR count). The molecule has 1 aromatic carbocycles. The van der Waals surface area contributed by atoms with Gasteiger partial charge in [0.1, 0.15) is 5.82 Å². The minimum Gasteiger partial charge on any atom is -0.389 e. The maximum atomic E-state index is 13.6. The second-order valence-corrected chi connectivity index (χ2v) is 6.14. The van der Waals surface area contributed by atoms with E-state index in [1.54, 1.807) is 12.1 Å². The number of rotatable bonds is 4. The molecule has 1 saturated carbocycles. The Bertz CT molecular complexity index is 420. The summed E-state index contributed by atoms with van der Waals surface area (Å²) in [4.78, 5) is 0. The van der Waals surface area contributed by atoms with Gasteiger partial charge < -0.3 is 10.4 Å². The molecule has 0 bridgehead atoms. The number of nitrogens with one attached hydrogen (secondary N) is 1. The van der Waals surface area contributed by atoms with Gasteiger partial charge in [-0.15, -0.1) is 0 Å². The lowest BCUT2D eigenvalue weighted by molar-refractivity contribution is -0.0119. The Kier molecular flexibility index (Phi) is 4.82. The summed E-state index contributed by atoms with van der Waals surface area (Å²) in [7, 11) is 0. The van der Waals surface area contributed by atoms with E-state index in [9.17, 15) is 9.50 Å². The molecule has 1 aliphatic carbocycles. The number of halogens is 2. The van der Waals surface area contributed by atoms with Gasteiger partial charge in [0.2, 0.25) is 0 Å². The SMILES string of the molecule is CC1CCCC(O)(CNCc2c(F)cccc2Cl)C1. The first-order chi connectivity index (χ1) is 9.00. The van der Waals surface area contributed by atoms with Crippen molar-refractivity contribution in [2.24, 2.45) is 5.92 Å². The Morgan fingerprint density at radius 1 is 1.53 bits per heavy atom. The molecule has 1 aromatic rings.